The number of nitrogens with one attached hydrogen (secondary N) is 1. The highest BCUT2D eigenvalue weighted by molar-refractivity contribution is 6.11. The summed E-state index contributed by atoms with van der Waals surface area (Å²) in [6.07, 6.45) is 4.42. The maximum Gasteiger partial charge on any atom is 0.252 e. The van der Waals surface area contributed by atoms with E-state index in [-0.39, 0.29) is 29.2 Å². The van der Waals surface area contributed by atoms with Gasteiger partial charge < -0.3 is 24.8 Å². The van der Waals surface area contributed by atoms with E-state index in [9.17, 15) is 9.90 Å². The van der Waals surface area contributed by atoms with E-state index in [2.05, 4.69) is 25.4 Å². The number of phenols is 1. The van der Waals surface area contributed by atoms with Crippen molar-refractivity contribution in [2.75, 3.05) is 20.7 Å². The van der Waals surface area contributed by atoms with Crippen LogP contribution in [-0.2, 0) is 5.54 Å². The Labute approximate surface area is 202 Å². The second-order valence-corrected chi connectivity index (χ2v) is 9.86. The summed E-state index contributed by atoms with van der Waals surface area (Å²) in [4.78, 5) is 20.1. The minimum Gasteiger partial charge on any atom is -0.504 e. The number of aromatic hydroxyl groups is 1. The van der Waals surface area contributed by atoms with Crippen LogP contribution in [0.1, 0.15) is 40.7 Å². The molecule has 5 rings (SSSR count). The Balaban J connectivity index is 1.43. The smallest absolute Gasteiger partial charge is 0.252 e. The largest absolute Gasteiger partial charge is 0.504 e. The van der Waals surface area contributed by atoms with E-state index in [1.165, 1.54) is 0 Å². The number of pyridine rings is 1. The first-order valence-corrected chi connectivity index (χ1v) is 12.1. The predicted octanol–water partition coefficient (Wildman–Crippen LogP) is 3.25. The quantitative estimate of drug-likeness (QED) is 0.512. The van der Waals surface area contributed by atoms with Crippen molar-refractivity contribution in [3.63, 3.8) is 0 Å². The first kappa shape index (κ1) is 22.7. The van der Waals surface area contributed by atoms with Gasteiger partial charge >= 0.3 is 0 Å². The average molecular weight is 475 g/mol. The monoisotopic (exact) mass is 474 g/mol. The van der Waals surface area contributed by atoms with E-state index < -0.39 is 5.54 Å². The van der Waals surface area contributed by atoms with Crippen LogP contribution in [0.25, 0.3) is 10.9 Å². The zero-order chi connectivity index (χ0) is 24.0. The summed E-state index contributed by atoms with van der Waals surface area (Å²) in [6, 6.07) is 11.2. The number of ether oxygens (including phenoxy) is 2. The third-order valence-corrected chi connectivity index (χ3v) is 7.55. The number of amides is 1. The van der Waals surface area contributed by atoms with Crippen LogP contribution in [-0.4, -0.2) is 63.6 Å². The van der Waals surface area contributed by atoms with Gasteiger partial charge in [-0.05, 0) is 75.2 Å². The second-order valence-electron chi connectivity index (χ2n) is 9.29. The van der Waals surface area contributed by atoms with Gasteiger partial charge in [-0.2, -0.15) is 0 Å². The molecule has 2 N–H and O–H groups in total. The van der Waals surface area contributed by atoms with Gasteiger partial charge in [-0.15, -0.1) is 0 Å². The summed E-state index contributed by atoms with van der Waals surface area (Å²) in [5, 5.41) is 14.7. The van der Waals surface area contributed by atoms with Crippen molar-refractivity contribution >= 4 is 27.1 Å². The second kappa shape index (κ2) is 8.59. The molecule has 3 radical (unpaired) electrons. The fourth-order valence-corrected chi connectivity index (χ4v) is 5.24. The molecule has 0 spiro atoms. The average Bonchev–Trinajstić information content (AvgIpc) is 3.59. The normalized spacial score (nSPS) is 19.8. The molecule has 0 bridgehead atoms. The number of nitrogens with zero attached hydrogens (tertiary/aromatic N) is 2. The zero-order valence-electron chi connectivity index (χ0n) is 19.6. The molecule has 2 atom stereocenters. The summed E-state index contributed by atoms with van der Waals surface area (Å²) < 4.78 is 11.5. The molecular weight excluding hydrogens is 446 g/mol. The number of phenolic OH excluding ortho intramolecular Hbond substituents is 1. The Morgan fingerprint density at radius 2 is 2.12 bits per heavy atom. The highest BCUT2D eigenvalue weighted by Gasteiger charge is 2.47. The van der Waals surface area contributed by atoms with E-state index in [4.69, 9.17) is 9.47 Å². The number of aromatic nitrogens is 1. The molecule has 8 heteroatoms. The fourth-order valence-electron chi connectivity index (χ4n) is 4.69. The van der Waals surface area contributed by atoms with Crippen LogP contribution in [0.4, 0.5) is 0 Å². The van der Waals surface area contributed by atoms with Crippen LogP contribution in [0.3, 0.4) is 0 Å². The van der Waals surface area contributed by atoms with Gasteiger partial charge in [-0.3, -0.25) is 9.78 Å². The topological polar surface area (TPSA) is 83.9 Å². The first-order chi connectivity index (χ1) is 16.3. The van der Waals surface area contributed by atoms with Gasteiger partial charge in [0.05, 0.1) is 34.1 Å². The Hall–Kier alpha value is -3.10. The number of rotatable bonds is 7. The van der Waals surface area contributed by atoms with Crippen molar-refractivity contribution < 1.29 is 19.4 Å². The molecule has 2 heterocycles. The van der Waals surface area contributed by atoms with Gasteiger partial charge in [-0.1, -0.05) is 6.07 Å². The van der Waals surface area contributed by atoms with Crippen LogP contribution in [0.15, 0.2) is 42.6 Å². The molecule has 175 valence electrons. The summed E-state index contributed by atoms with van der Waals surface area (Å²) in [6.45, 7) is 2.83. The molecule has 0 unspecified atom stereocenters. The molecule has 1 saturated carbocycles. The lowest BCUT2D eigenvalue weighted by atomic mass is 9.97. The number of benzene rings is 2. The van der Waals surface area contributed by atoms with Crippen molar-refractivity contribution in [2.45, 2.75) is 43.5 Å². The van der Waals surface area contributed by atoms with Gasteiger partial charge in [0.1, 0.15) is 5.75 Å². The SMILES string of the molecule is COc1cc(C2(NC(=O)c3cc(O[C@@H]([Si])[C@@H]4CCN4C)c(O)cc3C)CC2)c2cccnc2c1. The number of aryl methyl sites for hydroxylation is 1. The first-order valence-electron chi connectivity index (χ1n) is 11.5. The van der Waals surface area contributed by atoms with Gasteiger partial charge in [0.2, 0.25) is 0 Å². The van der Waals surface area contributed by atoms with Crippen LogP contribution < -0.4 is 14.8 Å². The van der Waals surface area contributed by atoms with Gasteiger partial charge in [-0.25, -0.2) is 0 Å². The van der Waals surface area contributed by atoms with Crippen molar-refractivity contribution in [3.05, 3.63) is 59.3 Å². The number of fused-ring (bicyclic) bond motifs is 1. The van der Waals surface area contributed by atoms with Gasteiger partial charge in [0.25, 0.3) is 5.91 Å². The Morgan fingerprint density at radius 1 is 1.32 bits per heavy atom. The van der Waals surface area contributed by atoms with Crippen LogP contribution in [0.5, 0.6) is 17.2 Å². The molecular formula is C26H28N3O4Si. The standard InChI is InChI=1S/C26H28N3O4Si/c1-15-11-22(30)23(33-25(34)21-6-10-29(21)2)14-18(15)24(31)28-26(7-8-26)19-12-16(32-3)13-20-17(19)5-4-9-27-20/h4-5,9,11-14,21,25,30H,6-8,10H2,1-3H3,(H,28,31)/t21-,25-/m0/s1. The number of methoxy groups -OCH3 is 1. The van der Waals surface area contributed by atoms with Gasteiger partial charge in [0.15, 0.2) is 11.5 Å². The van der Waals surface area contributed by atoms with Gasteiger partial charge in [0, 0.05) is 29.3 Å². The number of hydrogen-bond acceptors (Lipinski definition) is 6. The molecule has 1 aromatic heterocycles. The number of hydrogen-bond donors (Lipinski definition) is 2. The fraction of sp³-hybridized carbons (Fsp3) is 0.385. The number of likely N-dealkylation sites (N-methyl/N-ethyl adjacent to an activating group) is 1. The highest BCUT2D eigenvalue weighted by Crippen LogP contribution is 2.49. The number of carbonyl (C=O) groups excluding carboxylic acids is 1. The minimum absolute atomic E-state index is 0.0188. The highest BCUT2D eigenvalue weighted by atomic mass is 28.1. The van der Waals surface area contributed by atoms with E-state index in [1.54, 1.807) is 25.4 Å². The molecule has 2 aromatic carbocycles. The summed E-state index contributed by atoms with van der Waals surface area (Å²) in [5.41, 5.74) is 2.23. The number of carbonyl (C=O) groups is 1. The number of likely N-dealkylation sites (tertiary alicyclic amines) is 1. The van der Waals surface area contributed by atoms with Crippen molar-refractivity contribution in [1.29, 1.82) is 0 Å². The lowest BCUT2D eigenvalue weighted by Crippen LogP contribution is -2.53. The van der Waals surface area contributed by atoms with Crippen LogP contribution >= 0.6 is 0 Å². The Kier molecular flexibility index (Phi) is 5.73. The maximum atomic E-state index is 13.5. The lowest BCUT2D eigenvalue weighted by Gasteiger charge is -2.41. The molecule has 1 saturated heterocycles. The molecule has 2 fully saturated rings. The third-order valence-electron chi connectivity index (χ3n) is 7.05. The zero-order valence-corrected chi connectivity index (χ0v) is 20.6. The predicted molar refractivity (Wildman–Crippen MR) is 131 cm³/mol. The maximum absolute atomic E-state index is 13.5. The minimum atomic E-state index is -0.482. The molecule has 1 amide bonds. The molecule has 1 aliphatic heterocycles. The van der Waals surface area contributed by atoms with Crippen molar-refractivity contribution in [2.24, 2.45) is 0 Å². The van der Waals surface area contributed by atoms with Crippen molar-refractivity contribution in [3.8, 4) is 17.2 Å². The Bertz CT molecular complexity index is 1260. The third kappa shape index (κ3) is 4.01. The summed E-state index contributed by atoms with van der Waals surface area (Å²) >= 11 is 0. The molecule has 3 aromatic rings. The van der Waals surface area contributed by atoms with Crippen LogP contribution in [0, 0.1) is 6.92 Å². The van der Waals surface area contributed by atoms with Crippen molar-refractivity contribution in [1.82, 2.24) is 15.2 Å². The van der Waals surface area contributed by atoms with Crippen LogP contribution in [0.2, 0.25) is 0 Å². The molecule has 7 nitrogen and oxygen atoms in total. The molecule has 1 aliphatic carbocycles. The Morgan fingerprint density at radius 3 is 2.76 bits per heavy atom. The van der Waals surface area contributed by atoms with E-state index >= 15 is 0 Å². The van der Waals surface area contributed by atoms with E-state index in [1.807, 2.05) is 38.2 Å². The molecule has 34 heavy (non-hydrogen) atoms. The lowest BCUT2D eigenvalue weighted by molar-refractivity contribution is 0.0550. The van der Waals surface area contributed by atoms with E-state index in [0.29, 0.717) is 16.9 Å². The molecule has 2 aliphatic rings. The summed E-state index contributed by atoms with van der Waals surface area (Å²) in [7, 11) is 7.30. The van der Waals surface area contributed by atoms with E-state index in [0.717, 1.165) is 42.3 Å². The summed E-state index contributed by atoms with van der Waals surface area (Å²) in [5.74, 6) is 0.815.